The van der Waals surface area contributed by atoms with Gasteiger partial charge in [-0.2, -0.15) is 0 Å². The smallest absolute Gasteiger partial charge is 0.197 e. The zero-order valence-electron chi connectivity index (χ0n) is 37.0. The second-order valence-electron chi connectivity index (χ2n) is 21.2. The van der Waals surface area contributed by atoms with E-state index in [1.54, 1.807) is 0 Å². The molecule has 3 saturated carbocycles. The summed E-state index contributed by atoms with van der Waals surface area (Å²) in [5, 5.41) is 107. The Labute approximate surface area is 368 Å². The molecule has 5 saturated heterocycles. The van der Waals surface area contributed by atoms with E-state index in [1.807, 2.05) is 0 Å². The van der Waals surface area contributed by atoms with Gasteiger partial charge in [0.05, 0.1) is 38.1 Å². The largest absolute Gasteiger partial charge is 0.394 e. The van der Waals surface area contributed by atoms with Gasteiger partial charge in [-0.05, 0) is 98.7 Å². The Morgan fingerprint density at radius 1 is 0.714 bits per heavy atom. The first-order valence-corrected chi connectivity index (χ1v) is 23.5. The summed E-state index contributed by atoms with van der Waals surface area (Å²) in [6.07, 6.45) is -14.4. The lowest BCUT2D eigenvalue weighted by atomic mass is 9.47. The molecule has 4 aliphatic carbocycles. The number of aliphatic hydroxyl groups is 10. The molecule has 1 spiro atoms. The van der Waals surface area contributed by atoms with Gasteiger partial charge in [-0.3, -0.25) is 0 Å². The van der Waals surface area contributed by atoms with Crippen LogP contribution in [0.5, 0.6) is 0 Å². The molecule has 9 aliphatic rings. The van der Waals surface area contributed by atoms with Crippen molar-refractivity contribution in [2.45, 2.75) is 202 Å². The van der Waals surface area contributed by atoms with Crippen LogP contribution in [0.25, 0.3) is 0 Å². The number of hydrogen-bond donors (Lipinski definition) is 10. The maximum absolute atomic E-state index is 11.6. The van der Waals surface area contributed by atoms with Crippen molar-refractivity contribution >= 4 is 0 Å². The van der Waals surface area contributed by atoms with E-state index >= 15 is 0 Å². The third kappa shape index (κ3) is 7.71. The van der Waals surface area contributed by atoms with Gasteiger partial charge in [-0.25, -0.2) is 0 Å². The van der Waals surface area contributed by atoms with E-state index in [4.69, 9.17) is 37.9 Å². The molecular weight excluding hydrogens is 828 g/mol. The molecule has 18 nitrogen and oxygen atoms in total. The number of fused-ring (bicyclic) bond motifs is 7. The zero-order valence-corrected chi connectivity index (χ0v) is 37.0. The maximum atomic E-state index is 11.6. The van der Waals surface area contributed by atoms with Crippen molar-refractivity contribution in [1.82, 2.24) is 0 Å². The lowest BCUT2D eigenvalue weighted by Gasteiger charge is -2.59. The molecule has 0 radical (unpaired) electrons. The molecule has 0 aromatic rings. The standard InChI is InChI=1S/C45H72O18/c1-18-12-29(47)45(57-16-18)19(2)30-26(63-45)14-25-23-7-6-21-13-22(8-10-43(21,4)24(23)9-11-44(25,30)5)59-42-39(62-41-38(55)34(51)31(48)20(3)58-41)36(53)33(50)28(61-42)17-56-40-37(54)35(52)32(49)27(15-46)60-40/h6,18-20,22-42,46-55H,7-17H2,1-5H3/t18-,19+,20+,22+,23-,24+,25-,26+,27-,28-,29+,30+,31+,32-,33-,34-,35+,36+,37-,38-,39-,40-,41+,42-,43+,44+,45+/m1/s1. The van der Waals surface area contributed by atoms with Crippen molar-refractivity contribution in [1.29, 1.82) is 0 Å². The molecule has 27 atom stereocenters. The fourth-order valence-corrected chi connectivity index (χ4v) is 14.1. The van der Waals surface area contributed by atoms with Crippen LogP contribution in [0.3, 0.4) is 0 Å². The highest BCUT2D eigenvalue weighted by Crippen LogP contribution is 2.70. The van der Waals surface area contributed by atoms with Gasteiger partial charge in [0.15, 0.2) is 24.7 Å². The van der Waals surface area contributed by atoms with Crippen molar-refractivity contribution in [3.63, 3.8) is 0 Å². The summed E-state index contributed by atoms with van der Waals surface area (Å²) in [6.45, 7) is 10.1. The van der Waals surface area contributed by atoms with Crippen LogP contribution < -0.4 is 0 Å². The monoisotopic (exact) mass is 900 g/mol. The van der Waals surface area contributed by atoms with Gasteiger partial charge in [0.2, 0.25) is 0 Å². The summed E-state index contributed by atoms with van der Waals surface area (Å²) in [4.78, 5) is 0. The van der Waals surface area contributed by atoms with Gasteiger partial charge in [-0.1, -0.05) is 39.3 Å². The Morgan fingerprint density at radius 3 is 2.14 bits per heavy atom. The molecule has 5 aliphatic heterocycles. The minimum absolute atomic E-state index is 0.0433. The SMILES string of the molecule is C[C@H]1CO[C@@]2(O[C@H]3C[C@@H]4[C@@H]5CC=C6C[C@@H](O[C@@H]7O[C@H](CO[C@@H]8O[C@H](CO)[C@@H](O)[C@H](O)[C@H]8O)[C@@H](O)[C@H](O)[C@H]7O[C@@H]7O[C@@H](C)[C@H](O)[C@@H](O)[C@H]7O)CC[C@]6(C)[C@H]5CC[C@]4(C)[C@H]3[C@@H]2C)[C@@H](O)C1. The molecule has 10 N–H and O–H groups in total. The summed E-state index contributed by atoms with van der Waals surface area (Å²) in [5.74, 6) is 1.14. The first-order chi connectivity index (χ1) is 29.8. The average molecular weight is 901 g/mol. The fourth-order valence-electron chi connectivity index (χ4n) is 14.1. The van der Waals surface area contributed by atoms with Gasteiger partial charge in [-0.15, -0.1) is 0 Å². The van der Waals surface area contributed by atoms with Crippen molar-refractivity contribution in [3.8, 4) is 0 Å². The molecular formula is C45H72O18. The number of rotatable bonds is 8. The van der Waals surface area contributed by atoms with E-state index in [1.165, 1.54) is 12.5 Å². The highest BCUT2D eigenvalue weighted by molar-refractivity contribution is 5.26. The van der Waals surface area contributed by atoms with Crippen molar-refractivity contribution in [3.05, 3.63) is 11.6 Å². The average Bonchev–Trinajstić information content (AvgIpc) is 3.71. The van der Waals surface area contributed by atoms with Crippen LogP contribution in [-0.2, 0) is 37.9 Å². The molecule has 0 unspecified atom stereocenters. The lowest BCUT2D eigenvalue weighted by Crippen LogP contribution is -2.65. The van der Waals surface area contributed by atoms with Crippen LogP contribution in [0.15, 0.2) is 11.6 Å². The highest BCUT2D eigenvalue weighted by Gasteiger charge is 2.70. The molecule has 18 heteroatoms. The quantitative estimate of drug-likeness (QED) is 0.133. The molecule has 0 aromatic carbocycles. The molecule has 360 valence electrons. The topological polar surface area (TPSA) is 276 Å². The Bertz CT molecular complexity index is 1650. The number of allylic oxidation sites excluding steroid dienone is 1. The predicted molar refractivity (Wildman–Crippen MR) is 216 cm³/mol. The lowest BCUT2D eigenvalue weighted by molar-refractivity contribution is -0.375. The summed E-state index contributed by atoms with van der Waals surface area (Å²) in [6, 6.07) is 0. The van der Waals surface area contributed by atoms with Gasteiger partial charge < -0.3 is 89.0 Å². The molecule has 63 heavy (non-hydrogen) atoms. The molecule has 0 bridgehead atoms. The van der Waals surface area contributed by atoms with E-state index in [2.05, 4.69) is 33.8 Å². The van der Waals surface area contributed by atoms with Gasteiger partial charge in [0.1, 0.15) is 73.2 Å². The first kappa shape index (κ1) is 47.1. The maximum Gasteiger partial charge on any atom is 0.197 e. The second-order valence-corrected chi connectivity index (χ2v) is 21.2. The van der Waals surface area contributed by atoms with Crippen LogP contribution in [0.2, 0.25) is 0 Å². The summed E-state index contributed by atoms with van der Waals surface area (Å²) in [7, 11) is 0. The Balaban J connectivity index is 0.905. The number of hydrogen-bond acceptors (Lipinski definition) is 18. The summed E-state index contributed by atoms with van der Waals surface area (Å²) in [5.41, 5.74) is 1.28. The van der Waals surface area contributed by atoms with Gasteiger partial charge in [0.25, 0.3) is 0 Å². The van der Waals surface area contributed by atoms with Crippen LogP contribution in [0.1, 0.15) is 86.0 Å². The Morgan fingerprint density at radius 2 is 1.41 bits per heavy atom. The number of ether oxygens (including phenoxy) is 8. The van der Waals surface area contributed by atoms with Crippen LogP contribution in [0.4, 0.5) is 0 Å². The summed E-state index contributed by atoms with van der Waals surface area (Å²) >= 11 is 0. The molecule has 0 amide bonds. The second kappa shape index (κ2) is 17.5. The van der Waals surface area contributed by atoms with E-state index < -0.39 is 123 Å². The molecule has 5 heterocycles. The Kier molecular flexibility index (Phi) is 13.1. The highest BCUT2D eigenvalue weighted by atomic mass is 16.8. The van der Waals surface area contributed by atoms with Crippen LogP contribution in [-0.4, -0.2) is 187 Å². The van der Waals surface area contributed by atoms with Crippen molar-refractivity contribution in [2.75, 3.05) is 19.8 Å². The first-order valence-electron chi connectivity index (χ1n) is 23.5. The van der Waals surface area contributed by atoms with Gasteiger partial charge >= 0.3 is 0 Å². The normalized spacial score (nSPS) is 58.1. The van der Waals surface area contributed by atoms with E-state index in [0.717, 1.165) is 32.1 Å². The van der Waals surface area contributed by atoms with E-state index in [-0.39, 0.29) is 22.9 Å². The van der Waals surface area contributed by atoms with Crippen molar-refractivity contribution < 1.29 is 89.0 Å². The minimum Gasteiger partial charge on any atom is -0.394 e. The van der Waals surface area contributed by atoms with Gasteiger partial charge in [0, 0.05) is 5.92 Å². The fraction of sp³-hybridized carbons (Fsp3) is 0.956. The van der Waals surface area contributed by atoms with Crippen molar-refractivity contribution in [2.24, 2.45) is 46.3 Å². The third-order valence-electron chi connectivity index (χ3n) is 17.7. The predicted octanol–water partition coefficient (Wildman–Crippen LogP) is -0.815. The van der Waals surface area contributed by atoms with Crippen LogP contribution >= 0.6 is 0 Å². The minimum atomic E-state index is -1.72. The van der Waals surface area contributed by atoms with E-state index in [0.29, 0.717) is 55.5 Å². The third-order valence-corrected chi connectivity index (χ3v) is 17.7. The van der Waals surface area contributed by atoms with Crippen LogP contribution in [0, 0.1) is 46.3 Å². The Hall–Kier alpha value is -0.980. The molecule has 8 fully saturated rings. The van der Waals surface area contributed by atoms with E-state index in [9.17, 15) is 51.1 Å². The molecule has 0 aromatic heterocycles. The number of aliphatic hydroxyl groups excluding tert-OH is 10. The molecule has 9 rings (SSSR count). The zero-order chi connectivity index (χ0) is 45.1. The summed E-state index contributed by atoms with van der Waals surface area (Å²) < 4.78 is 49.2.